The maximum absolute atomic E-state index is 11.9. The van der Waals surface area contributed by atoms with E-state index in [0.29, 0.717) is 18.9 Å². The second-order valence-corrected chi connectivity index (χ2v) is 4.83. The number of H-pyrrole nitrogens is 1. The average molecular weight is 240 g/mol. The zero-order valence-corrected chi connectivity index (χ0v) is 10.2. The lowest BCUT2D eigenvalue weighted by molar-refractivity contribution is -0.128. The Labute approximate surface area is 106 Å². The first-order valence-electron chi connectivity index (χ1n) is 6.23. The summed E-state index contributed by atoms with van der Waals surface area (Å²) < 4.78 is 0. The Kier molecular flexibility index (Phi) is 2.67. The Morgan fingerprint density at radius 2 is 2.33 bits per heavy atom. The van der Waals surface area contributed by atoms with Crippen LogP contribution < -0.4 is 0 Å². The van der Waals surface area contributed by atoms with Crippen LogP contribution in [-0.4, -0.2) is 22.3 Å². The number of nitrogens with one attached hydrogen (secondary N) is 1. The number of aromatic amines is 1. The van der Waals surface area contributed by atoms with Gasteiger partial charge in [-0.1, -0.05) is 24.3 Å². The standard InChI is InChI=1S/C15H16N2O/c1-2-11-8-14(18)17(9-11)10-13-5-3-4-12-6-7-16-15(12)13/h2-7,11,16H,1,8-10H2. The van der Waals surface area contributed by atoms with Gasteiger partial charge in [0, 0.05) is 31.6 Å². The third-order valence-corrected chi connectivity index (χ3v) is 3.61. The van der Waals surface area contributed by atoms with Crippen LogP contribution in [0.5, 0.6) is 0 Å². The van der Waals surface area contributed by atoms with Crippen molar-refractivity contribution in [3.8, 4) is 0 Å². The molecule has 3 rings (SSSR count). The summed E-state index contributed by atoms with van der Waals surface area (Å²) in [5.74, 6) is 0.531. The van der Waals surface area contributed by atoms with Crippen LogP contribution in [0.1, 0.15) is 12.0 Å². The molecule has 1 amide bonds. The molecule has 0 bridgehead atoms. The summed E-state index contributed by atoms with van der Waals surface area (Å²) in [7, 11) is 0. The van der Waals surface area contributed by atoms with E-state index in [1.54, 1.807) is 0 Å². The Balaban J connectivity index is 1.86. The van der Waals surface area contributed by atoms with E-state index in [0.717, 1.165) is 12.1 Å². The Morgan fingerprint density at radius 1 is 1.44 bits per heavy atom. The molecule has 0 saturated carbocycles. The molecule has 1 saturated heterocycles. The second kappa shape index (κ2) is 4.33. The summed E-state index contributed by atoms with van der Waals surface area (Å²) in [5.41, 5.74) is 2.31. The minimum Gasteiger partial charge on any atom is -0.361 e. The number of benzene rings is 1. The highest BCUT2D eigenvalue weighted by Crippen LogP contribution is 2.24. The van der Waals surface area contributed by atoms with Crippen LogP contribution in [0.15, 0.2) is 43.1 Å². The molecule has 1 aromatic carbocycles. The molecule has 1 unspecified atom stereocenters. The topological polar surface area (TPSA) is 36.1 Å². The van der Waals surface area contributed by atoms with Gasteiger partial charge in [-0.2, -0.15) is 0 Å². The van der Waals surface area contributed by atoms with Crippen LogP contribution in [0.3, 0.4) is 0 Å². The largest absolute Gasteiger partial charge is 0.361 e. The number of rotatable bonds is 3. The van der Waals surface area contributed by atoms with Gasteiger partial charge in [-0.3, -0.25) is 4.79 Å². The van der Waals surface area contributed by atoms with Gasteiger partial charge in [0.05, 0.1) is 5.52 Å². The molecular formula is C15H16N2O. The highest BCUT2D eigenvalue weighted by Gasteiger charge is 2.27. The molecule has 2 heterocycles. The first-order valence-corrected chi connectivity index (χ1v) is 6.23. The van der Waals surface area contributed by atoms with Gasteiger partial charge in [0.1, 0.15) is 0 Å². The van der Waals surface area contributed by atoms with Crippen LogP contribution in [0, 0.1) is 5.92 Å². The summed E-state index contributed by atoms with van der Waals surface area (Å²) in [6.07, 6.45) is 4.42. The number of aromatic nitrogens is 1. The minimum absolute atomic E-state index is 0.225. The highest BCUT2D eigenvalue weighted by molar-refractivity contribution is 5.84. The third-order valence-electron chi connectivity index (χ3n) is 3.61. The molecule has 18 heavy (non-hydrogen) atoms. The third kappa shape index (κ3) is 1.82. The van der Waals surface area contributed by atoms with E-state index < -0.39 is 0 Å². The number of likely N-dealkylation sites (tertiary alicyclic amines) is 1. The molecular weight excluding hydrogens is 224 g/mol. The summed E-state index contributed by atoms with van der Waals surface area (Å²) in [6.45, 7) is 5.25. The normalized spacial score (nSPS) is 19.7. The van der Waals surface area contributed by atoms with Crippen LogP contribution in [0.4, 0.5) is 0 Å². The number of carbonyl (C=O) groups excluding carboxylic acids is 1. The zero-order valence-electron chi connectivity index (χ0n) is 10.2. The zero-order chi connectivity index (χ0) is 12.5. The fourth-order valence-corrected chi connectivity index (χ4v) is 2.60. The number of hydrogen-bond donors (Lipinski definition) is 1. The Morgan fingerprint density at radius 3 is 3.11 bits per heavy atom. The van der Waals surface area contributed by atoms with Gasteiger partial charge in [-0.05, 0) is 17.0 Å². The lowest BCUT2D eigenvalue weighted by atomic mass is 10.1. The fraction of sp³-hybridized carbons (Fsp3) is 0.267. The number of carbonyl (C=O) groups is 1. The first kappa shape index (κ1) is 11.1. The maximum Gasteiger partial charge on any atom is 0.223 e. The van der Waals surface area contributed by atoms with E-state index in [1.807, 2.05) is 23.2 Å². The smallest absolute Gasteiger partial charge is 0.223 e. The molecule has 1 N–H and O–H groups in total. The van der Waals surface area contributed by atoms with Crippen molar-refractivity contribution < 1.29 is 4.79 Å². The van der Waals surface area contributed by atoms with Crippen molar-refractivity contribution in [2.45, 2.75) is 13.0 Å². The minimum atomic E-state index is 0.225. The van der Waals surface area contributed by atoms with Crippen molar-refractivity contribution in [3.05, 3.63) is 48.7 Å². The molecule has 0 radical (unpaired) electrons. The van der Waals surface area contributed by atoms with Crippen LogP contribution in [0.25, 0.3) is 10.9 Å². The highest BCUT2D eigenvalue weighted by atomic mass is 16.2. The van der Waals surface area contributed by atoms with E-state index >= 15 is 0 Å². The second-order valence-electron chi connectivity index (χ2n) is 4.83. The Bertz CT molecular complexity index is 599. The van der Waals surface area contributed by atoms with Gasteiger partial charge < -0.3 is 9.88 Å². The monoisotopic (exact) mass is 240 g/mol. The van der Waals surface area contributed by atoms with E-state index in [1.165, 1.54) is 10.9 Å². The number of fused-ring (bicyclic) bond motifs is 1. The predicted molar refractivity (Wildman–Crippen MR) is 72.0 cm³/mol. The van der Waals surface area contributed by atoms with Crippen molar-refractivity contribution in [2.24, 2.45) is 5.92 Å². The van der Waals surface area contributed by atoms with Gasteiger partial charge in [-0.25, -0.2) is 0 Å². The van der Waals surface area contributed by atoms with Crippen LogP contribution in [-0.2, 0) is 11.3 Å². The predicted octanol–water partition coefficient (Wildman–Crippen LogP) is 2.70. The summed E-state index contributed by atoms with van der Waals surface area (Å²) >= 11 is 0. The lowest BCUT2D eigenvalue weighted by Gasteiger charge is -2.16. The molecule has 0 spiro atoms. The van der Waals surface area contributed by atoms with Gasteiger partial charge in [-0.15, -0.1) is 6.58 Å². The van der Waals surface area contributed by atoms with Crippen molar-refractivity contribution in [3.63, 3.8) is 0 Å². The maximum atomic E-state index is 11.9. The van der Waals surface area contributed by atoms with E-state index in [-0.39, 0.29) is 5.91 Å². The summed E-state index contributed by atoms with van der Waals surface area (Å²) in [6, 6.07) is 8.25. The number of amides is 1. The molecule has 1 aliphatic heterocycles. The molecule has 92 valence electrons. The van der Waals surface area contributed by atoms with Gasteiger partial charge >= 0.3 is 0 Å². The van der Waals surface area contributed by atoms with Gasteiger partial charge in [0.15, 0.2) is 0 Å². The summed E-state index contributed by atoms with van der Waals surface area (Å²) in [4.78, 5) is 17.1. The van der Waals surface area contributed by atoms with Gasteiger partial charge in [0.25, 0.3) is 0 Å². The number of nitrogens with zero attached hydrogens (tertiary/aromatic N) is 1. The van der Waals surface area contributed by atoms with E-state index in [2.05, 4.69) is 29.8 Å². The number of hydrogen-bond acceptors (Lipinski definition) is 1. The lowest BCUT2D eigenvalue weighted by Crippen LogP contribution is -2.24. The molecule has 1 aliphatic rings. The molecule has 3 nitrogen and oxygen atoms in total. The number of para-hydroxylation sites is 1. The quantitative estimate of drug-likeness (QED) is 0.823. The fourth-order valence-electron chi connectivity index (χ4n) is 2.60. The first-order chi connectivity index (χ1) is 8.78. The molecule has 3 heteroatoms. The van der Waals surface area contributed by atoms with E-state index in [9.17, 15) is 4.79 Å². The van der Waals surface area contributed by atoms with Crippen molar-refractivity contribution in [1.29, 1.82) is 0 Å². The average Bonchev–Trinajstić information content (AvgIpc) is 2.97. The summed E-state index contributed by atoms with van der Waals surface area (Å²) in [5, 5.41) is 1.19. The Hall–Kier alpha value is -2.03. The van der Waals surface area contributed by atoms with E-state index in [4.69, 9.17) is 0 Å². The molecule has 2 aromatic rings. The molecule has 1 atom stereocenters. The van der Waals surface area contributed by atoms with Crippen LogP contribution >= 0.6 is 0 Å². The van der Waals surface area contributed by atoms with Crippen molar-refractivity contribution in [1.82, 2.24) is 9.88 Å². The van der Waals surface area contributed by atoms with Crippen molar-refractivity contribution >= 4 is 16.8 Å². The molecule has 0 aliphatic carbocycles. The molecule has 1 fully saturated rings. The SMILES string of the molecule is C=CC1CC(=O)N(Cc2cccc3cc[nH]c23)C1. The van der Waals surface area contributed by atoms with Crippen molar-refractivity contribution in [2.75, 3.05) is 6.54 Å². The van der Waals surface area contributed by atoms with Gasteiger partial charge in [0.2, 0.25) is 5.91 Å². The van der Waals surface area contributed by atoms with Crippen LogP contribution in [0.2, 0.25) is 0 Å². The molecule has 1 aromatic heterocycles.